The van der Waals surface area contributed by atoms with Gasteiger partial charge in [-0.2, -0.15) is 0 Å². The Labute approximate surface area is 102 Å². The minimum absolute atomic E-state index is 0.262. The summed E-state index contributed by atoms with van der Waals surface area (Å²) in [5.41, 5.74) is 1.38. The van der Waals surface area contributed by atoms with Gasteiger partial charge in [0.2, 0.25) is 0 Å². The zero-order chi connectivity index (χ0) is 11.5. The molecule has 2 heterocycles. The van der Waals surface area contributed by atoms with E-state index in [1.807, 2.05) is 0 Å². The van der Waals surface area contributed by atoms with Crippen LogP contribution in [0.25, 0.3) is 0 Å². The predicted octanol–water partition coefficient (Wildman–Crippen LogP) is 1.93. The van der Waals surface area contributed by atoms with E-state index in [0.717, 1.165) is 32.1 Å². The summed E-state index contributed by atoms with van der Waals surface area (Å²) in [6.07, 6.45) is 2.68. The van der Waals surface area contributed by atoms with Crippen LogP contribution in [-0.2, 0) is 4.74 Å². The number of para-hydroxylation sites is 1. The van der Waals surface area contributed by atoms with Gasteiger partial charge in [-0.3, -0.25) is 0 Å². The molecule has 3 nitrogen and oxygen atoms in total. The molecular weight excluding hydrogens is 214 g/mol. The van der Waals surface area contributed by atoms with Crippen molar-refractivity contribution in [3.05, 3.63) is 29.8 Å². The first kappa shape index (κ1) is 11.1. The lowest BCUT2D eigenvalue weighted by atomic mass is 9.89. The molecule has 0 aromatic heterocycles. The van der Waals surface area contributed by atoms with Crippen molar-refractivity contribution in [3.63, 3.8) is 0 Å². The highest BCUT2D eigenvalue weighted by Crippen LogP contribution is 2.33. The fourth-order valence-corrected chi connectivity index (χ4v) is 2.52. The Bertz CT molecular complexity index is 370. The van der Waals surface area contributed by atoms with E-state index in [0.29, 0.717) is 5.92 Å². The summed E-state index contributed by atoms with van der Waals surface area (Å²) in [6.45, 7) is 3.71. The normalized spacial score (nSPS) is 22.1. The number of benzene rings is 1. The van der Waals surface area contributed by atoms with Crippen molar-refractivity contribution in [3.8, 4) is 5.75 Å². The second-order valence-corrected chi connectivity index (χ2v) is 4.84. The molecule has 3 rings (SSSR count). The average Bonchev–Trinajstić information content (AvgIpc) is 2.35. The summed E-state index contributed by atoms with van der Waals surface area (Å²) in [4.78, 5) is 0. The molecule has 17 heavy (non-hydrogen) atoms. The van der Waals surface area contributed by atoms with Crippen molar-refractivity contribution in [1.82, 2.24) is 5.32 Å². The number of piperidine rings is 1. The standard InChI is InChI=1S/C14H19NO2/c1-2-4-14(17-12-9-16-10-12)13(3-1)11-5-7-15-8-6-11/h1-4,11-12,15H,5-10H2. The molecule has 0 spiro atoms. The summed E-state index contributed by atoms with van der Waals surface area (Å²) in [6, 6.07) is 8.47. The maximum absolute atomic E-state index is 5.99. The monoisotopic (exact) mass is 233 g/mol. The Hall–Kier alpha value is -1.06. The van der Waals surface area contributed by atoms with E-state index in [9.17, 15) is 0 Å². The fraction of sp³-hybridized carbons (Fsp3) is 0.571. The first-order chi connectivity index (χ1) is 8.43. The van der Waals surface area contributed by atoms with Crippen LogP contribution in [-0.4, -0.2) is 32.4 Å². The third kappa shape index (κ3) is 2.45. The van der Waals surface area contributed by atoms with Gasteiger partial charge in [0, 0.05) is 0 Å². The van der Waals surface area contributed by atoms with E-state index in [4.69, 9.17) is 9.47 Å². The van der Waals surface area contributed by atoms with Crippen molar-refractivity contribution in [1.29, 1.82) is 0 Å². The van der Waals surface area contributed by atoms with Crippen LogP contribution in [0.4, 0.5) is 0 Å². The molecule has 1 N–H and O–H groups in total. The average molecular weight is 233 g/mol. The number of nitrogens with one attached hydrogen (secondary N) is 1. The number of rotatable bonds is 3. The molecule has 1 aromatic rings. The SMILES string of the molecule is c1ccc(C2CCNCC2)c(OC2COC2)c1. The lowest BCUT2D eigenvalue weighted by molar-refractivity contribution is -0.0801. The van der Waals surface area contributed by atoms with Crippen molar-refractivity contribution >= 4 is 0 Å². The predicted molar refractivity (Wildman–Crippen MR) is 66.5 cm³/mol. The topological polar surface area (TPSA) is 30.5 Å². The van der Waals surface area contributed by atoms with Crippen molar-refractivity contribution < 1.29 is 9.47 Å². The minimum atomic E-state index is 0.262. The summed E-state index contributed by atoms with van der Waals surface area (Å²) in [7, 11) is 0. The van der Waals surface area contributed by atoms with E-state index in [2.05, 4.69) is 29.6 Å². The highest BCUT2D eigenvalue weighted by Gasteiger charge is 2.24. The Morgan fingerprint density at radius 2 is 1.88 bits per heavy atom. The molecular formula is C14H19NO2. The number of hydrogen-bond donors (Lipinski definition) is 1. The van der Waals surface area contributed by atoms with E-state index in [1.54, 1.807) is 0 Å². The van der Waals surface area contributed by atoms with Crippen molar-refractivity contribution in [2.24, 2.45) is 0 Å². The minimum Gasteiger partial charge on any atom is -0.485 e. The van der Waals surface area contributed by atoms with Gasteiger partial charge in [-0.15, -0.1) is 0 Å². The highest BCUT2D eigenvalue weighted by molar-refractivity contribution is 5.36. The molecule has 2 fully saturated rings. The van der Waals surface area contributed by atoms with E-state index in [1.165, 1.54) is 18.4 Å². The van der Waals surface area contributed by atoms with Gasteiger partial charge in [-0.25, -0.2) is 0 Å². The lowest BCUT2D eigenvalue weighted by Crippen LogP contribution is -2.39. The highest BCUT2D eigenvalue weighted by atomic mass is 16.6. The van der Waals surface area contributed by atoms with Crippen LogP contribution >= 0.6 is 0 Å². The molecule has 1 aromatic carbocycles. The van der Waals surface area contributed by atoms with E-state index < -0.39 is 0 Å². The number of hydrogen-bond acceptors (Lipinski definition) is 3. The molecule has 0 saturated carbocycles. The third-order valence-electron chi connectivity index (χ3n) is 3.60. The van der Waals surface area contributed by atoms with Crippen LogP contribution in [0.2, 0.25) is 0 Å². The number of ether oxygens (including phenoxy) is 2. The fourth-order valence-electron chi connectivity index (χ4n) is 2.52. The Kier molecular flexibility index (Phi) is 3.29. The van der Waals surface area contributed by atoms with Crippen LogP contribution < -0.4 is 10.1 Å². The van der Waals surface area contributed by atoms with Gasteiger partial charge in [0.15, 0.2) is 0 Å². The molecule has 0 aliphatic carbocycles. The van der Waals surface area contributed by atoms with Crippen molar-refractivity contribution in [2.75, 3.05) is 26.3 Å². The second kappa shape index (κ2) is 5.07. The van der Waals surface area contributed by atoms with Gasteiger partial charge in [0.1, 0.15) is 11.9 Å². The molecule has 0 unspecified atom stereocenters. The molecule has 0 atom stereocenters. The molecule has 2 aliphatic rings. The smallest absolute Gasteiger partial charge is 0.145 e. The van der Waals surface area contributed by atoms with Gasteiger partial charge < -0.3 is 14.8 Å². The molecule has 2 saturated heterocycles. The molecule has 3 heteroatoms. The van der Waals surface area contributed by atoms with E-state index in [-0.39, 0.29) is 6.10 Å². The molecule has 0 radical (unpaired) electrons. The van der Waals surface area contributed by atoms with Gasteiger partial charge in [0.25, 0.3) is 0 Å². The van der Waals surface area contributed by atoms with Crippen LogP contribution in [0.15, 0.2) is 24.3 Å². The van der Waals surface area contributed by atoms with Crippen LogP contribution in [0.1, 0.15) is 24.3 Å². The first-order valence-electron chi connectivity index (χ1n) is 6.47. The Morgan fingerprint density at radius 1 is 1.12 bits per heavy atom. The molecule has 2 aliphatic heterocycles. The summed E-state index contributed by atoms with van der Waals surface area (Å²) in [5.74, 6) is 1.71. The van der Waals surface area contributed by atoms with Gasteiger partial charge in [-0.1, -0.05) is 18.2 Å². The van der Waals surface area contributed by atoms with Gasteiger partial charge in [-0.05, 0) is 43.5 Å². The van der Waals surface area contributed by atoms with Crippen LogP contribution in [0.3, 0.4) is 0 Å². The first-order valence-corrected chi connectivity index (χ1v) is 6.47. The lowest BCUT2D eigenvalue weighted by Gasteiger charge is -2.30. The largest absolute Gasteiger partial charge is 0.485 e. The maximum atomic E-state index is 5.99. The zero-order valence-corrected chi connectivity index (χ0v) is 10.0. The molecule has 0 amide bonds. The van der Waals surface area contributed by atoms with Gasteiger partial charge >= 0.3 is 0 Å². The Balaban J connectivity index is 1.76. The second-order valence-electron chi connectivity index (χ2n) is 4.84. The quantitative estimate of drug-likeness (QED) is 0.865. The van der Waals surface area contributed by atoms with Gasteiger partial charge in [0.05, 0.1) is 13.2 Å². The summed E-state index contributed by atoms with van der Waals surface area (Å²) >= 11 is 0. The Morgan fingerprint density at radius 3 is 2.59 bits per heavy atom. The summed E-state index contributed by atoms with van der Waals surface area (Å²) < 4.78 is 11.1. The maximum Gasteiger partial charge on any atom is 0.145 e. The van der Waals surface area contributed by atoms with Crippen LogP contribution in [0, 0.1) is 0 Å². The van der Waals surface area contributed by atoms with Crippen LogP contribution in [0.5, 0.6) is 5.75 Å². The van der Waals surface area contributed by atoms with Crippen molar-refractivity contribution in [2.45, 2.75) is 24.9 Å². The third-order valence-corrected chi connectivity index (χ3v) is 3.60. The van der Waals surface area contributed by atoms with E-state index >= 15 is 0 Å². The summed E-state index contributed by atoms with van der Waals surface area (Å²) in [5, 5.41) is 3.41. The molecule has 0 bridgehead atoms. The molecule has 92 valence electrons. The zero-order valence-electron chi connectivity index (χ0n) is 10.0.